The maximum atomic E-state index is 13.6. The summed E-state index contributed by atoms with van der Waals surface area (Å²) in [5.41, 5.74) is 4.93. The van der Waals surface area contributed by atoms with Crippen LogP contribution in [0.15, 0.2) is 103 Å². The first-order valence-electron chi connectivity index (χ1n) is 11.9. The molecule has 3 N–H and O–H groups in total. The lowest BCUT2D eigenvalue weighted by Crippen LogP contribution is -2.16. The number of ketones is 1. The van der Waals surface area contributed by atoms with Gasteiger partial charge in [0.25, 0.3) is 0 Å². The van der Waals surface area contributed by atoms with E-state index in [9.17, 15) is 9.90 Å². The molecule has 0 saturated carbocycles. The third-order valence-corrected chi connectivity index (χ3v) is 6.00. The standard InChI is InChI=1S/C30H26N4O2/c35-28(23-8-2-1-3-9-23)27(30-33-25-11-4-5-12-26(25)34-30)29(36)24-10-6-7-22(19-24)20-32-18-15-21-13-16-31-17-14-21/h1-14,16-17,19,32,36H,15,18,20H2,(H,33,34)/b29-27+. The highest BCUT2D eigenvalue weighted by Gasteiger charge is 2.23. The van der Waals surface area contributed by atoms with Crippen molar-refractivity contribution in [3.8, 4) is 0 Å². The Morgan fingerprint density at radius 2 is 1.58 bits per heavy atom. The van der Waals surface area contributed by atoms with Gasteiger partial charge in [0, 0.05) is 30.1 Å². The number of rotatable bonds is 9. The minimum absolute atomic E-state index is 0.110. The van der Waals surface area contributed by atoms with Crippen LogP contribution < -0.4 is 5.32 Å². The van der Waals surface area contributed by atoms with E-state index in [0.29, 0.717) is 23.5 Å². The molecule has 0 fully saturated rings. The molecule has 2 aromatic heterocycles. The number of hydrogen-bond donors (Lipinski definition) is 3. The van der Waals surface area contributed by atoms with Gasteiger partial charge in [0.2, 0.25) is 5.78 Å². The molecule has 0 aliphatic rings. The van der Waals surface area contributed by atoms with Crippen LogP contribution >= 0.6 is 0 Å². The Labute approximate surface area is 209 Å². The summed E-state index contributed by atoms with van der Waals surface area (Å²) >= 11 is 0. The number of pyridine rings is 1. The van der Waals surface area contributed by atoms with Gasteiger partial charge in [-0.05, 0) is 54.4 Å². The highest BCUT2D eigenvalue weighted by atomic mass is 16.3. The van der Waals surface area contributed by atoms with Crippen molar-refractivity contribution in [2.24, 2.45) is 0 Å². The SMILES string of the molecule is O=C(/C(=C(\O)c1cccc(CNCCc2ccncc2)c1)c1nc2ccccc2[nH]1)c1ccccc1. The summed E-state index contributed by atoms with van der Waals surface area (Å²) in [4.78, 5) is 25.4. The lowest BCUT2D eigenvalue weighted by Gasteiger charge is -2.11. The van der Waals surface area contributed by atoms with E-state index in [1.807, 2.05) is 60.7 Å². The average Bonchev–Trinajstić information content (AvgIpc) is 3.36. The Morgan fingerprint density at radius 1 is 0.833 bits per heavy atom. The van der Waals surface area contributed by atoms with Crippen molar-refractivity contribution in [1.29, 1.82) is 0 Å². The summed E-state index contributed by atoms with van der Waals surface area (Å²) in [6.07, 6.45) is 4.49. The van der Waals surface area contributed by atoms with Crippen molar-refractivity contribution >= 4 is 28.1 Å². The molecule has 6 nitrogen and oxygen atoms in total. The van der Waals surface area contributed by atoms with Crippen molar-refractivity contribution < 1.29 is 9.90 Å². The Hall–Kier alpha value is -4.55. The molecule has 2 heterocycles. The lowest BCUT2D eigenvalue weighted by molar-refractivity contribution is 0.105. The minimum Gasteiger partial charge on any atom is -0.506 e. The van der Waals surface area contributed by atoms with E-state index in [2.05, 4.69) is 20.3 Å². The van der Waals surface area contributed by atoms with Crippen LogP contribution in [-0.4, -0.2) is 32.4 Å². The van der Waals surface area contributed by atoms with Crippen LogP contribution in [0.3, 0.4) is 0 Å². The van der Waals surface area contributed by atoms with E-state index in [1.54, 1.807) is 42.7 Å². The van der Waals surface area contributed by atoms with Crippen molar-refractivity contribution in [2.75, 3.05) is 6.54 Å². The first-order valence-corrected chi connectivity index (χ1v) is 11.9. The number of aromatic nitrogens is 3. The zero-order valence-electron chi connectivity index (χ0n) is 19.7. The van der Waals surface area contributed by atoms with Crippen molar-refractivity contribution in [2.45, 2.75) is 13.0 Å². The number of carbonyl (C=O) groups excluding carboxylic acids is 1. The lowest BCUT2D eigenvalue weighted by atomic mass is 9.98. The van der Waals surface area contributed by atoms with E-state index in [0.717, 1.165) is 29.6 Å². The number of carbonyl (C=O) groups is 1. The largest absolute Gasteiger partial charge is 0.506 e. The number of aliphatic hydroxyl groups excluding tert-OH is 1. The van der Waals surface area contributed by atoms with Crippen molar-refractivity contribution in [3.05, 3.63) is 131 Å². The van der Waals surface area contributed by atoms with Crippen LogP contribution in [0, 0.1) is 0 Å². The predicted molar refractivity (Wildman–Crippen MR) is 142 cm³/mol. The summed E-state index contributed by atoms with van der Waals surface area (Å²) in [6, 6.07) is 28.1. The molecule has 0 amide bonds. The second-order valence-electron chi connectivity index (χ2n) is 8.50. The maximum absolute atomic E-state index is 13.6. The van der Waals surface area contributed by atoms with Gasteiger partial charge in [-0.3, -0.25) is 9.78 Å². The number of benzene rings is 3. The summed E-state index contributed by atoms with van der Waals surface area (Å²) < 4.78 is 0. The maximum Gasteiger partial charge on any atom is 0.200 e. The molecule has 178 valence electrons. The molecule has 0 unspecified atom stereocenters. The van der Waals surface area contributed by atoms with Gasteiger partial charge in [0.15, 0.2) is 0 Å². The fourth-order valence-electron chi connectivity index (χ4n) is 4.12. The van der Waals surface area contributed by atoms with Gasteiger partial charge in [-0.25, -0.2) is 4.98 Å². The van der Waals surface area contributed by atoms with Crippen molar-refractivity contribution in [1.82, 2.24) is 20.3 Å². The van der Waals surface area contributed by atoms with Gasteiger partial charge >= 0.3 is 0 Å². The van der Waals surface area contributed by atoms with Gasteiger partial charge < -0.3 is 15.4 Å². The Kier molecular flexibility index (Phi) is 6.96. The van der Waals surface area contributed by atoms with E-state index in [4.69, 9.17) is 0 Å². The number of hydrogen-bond acceptors (Lipinski definition) is 5. The number of aromatic amines is 1. The predicted octanol–water partition coefficient (Wildman–Crippen LogP) is 5.60. The molecule has 0 aliphatic heterocycles. The molecule has 0 aliphatic carbocycles. The molecule has 36 heavy (non-hydrogen) atoms. The monoisotopic (exact) mass is 474 g/mol. The fourth-order valence-corrected chi connectivity index (χ4v) is 4.12. The Balaban J connectivity index is 1.44. The highest BCUT2D eigenvalue weighted by molar-refractivity contribution is 6.33. The minimum atomic E-state index is -0.298. The number of nitrogens with zero attached hydrogens (tertiary/aromatic N) is 2. The van der Waals surface area contributed by atoms with Crippen LogP contribution in [0.2, 0.25) is 0 Å². The fraction of sp³-hybridized carbons (Fsp3) is 0.100. The summed E-state index contributed by atoms with van der Waals surface area (Å²) in [7, 11) is 0. The molecule has 0 atom stereocenters. The van der Waals surface area contributed by atoms with E-state index >= 15 is 0 Å². The van der Waals surface area contributed by atoms with Gasteiger partial charge in [0.05, 0.1) is 11.0 Å². The molecule has 0 saturated heterocycles. The summed E-state index contributed by atoms with van der Waals surface area (Å²) in [6.45, 7) is 1.45. The number of fused-ring (bicyclic) bond motifs is 1. The topological polar surface area (TPSA) is 90.9 Å². The first kappa shape index (κ1) is 23.2. The van der Waals surface area contributed by atoms with Gasteiger partial charge in [-0.2, -0.15) is 0 Å². The number of H-pyrrole nitrogens is 1. The second-order valence-corrected chi connectivity index (χ2v) is 8.50. The molecule has 0 spiro atoms. The number of Topliss-reactive ketones (excluding diaryl/α,β-unsaturated/α-hetero) is 1. The van der Waals surface area contributed by atoms with E-state index < -0.39 is 0 Å². The van der Waals surface area contributed by atoms with E-state index in [-0.39, 0.29) is 17.1 Å². The molecular weight excluding hydrogens is 448 g/mol. The quantitative estimate of drug-likeness (QED) is 0.112. The summed E-state index contributed by atoms with van der Waals surface area (Å²) in [5, 5.41) is 14.8. The zero-order chi connectivity index (χ0) is 24.7. The van der Waals surface area contributed by atoms with Crippen LogP contribution in [-0.2, 0) is 13.0 Å². The Bertz CT molecular complexity index is 1480. The highest BCUT2D eigenvalue weighted by Crippen LogP contribution is 2.28. The van der Waals surface area contributed by atoms with Gasteiger partial charge in [-0.15, -0.1) is 0 Å². The van der Waals surface area contributed by atoms with E-state index in [1.165, 1.54) is 5.56 Å². The second kappa shape index (κ2) is 10.8. The van der Waals surface area contributed by atoms with Crippen LogP contribution in [0.25, 0.3) is 22.4 Å². The molecular formula is C30H26N4O2. The number of allylic oxidation sites excluding steroid dienone is 1. The number of aliphatic hydroxyl groups is 1. The average molecular weight is 475 g/mol. The normalized spacial score (nSPS) is 11.9. The summed E-state index contributed by atoms with van der Waals surface area (Å²) in [5.74, 6) is -0.0713. The zero-order valence-corrected chi connectivity index (χ0v) is 19.7. The Morgan fingerprint density at radius 3 is 2.39 bits per heavy atom. The van der Waals surface area contributed by atoms with Crippen LogP contribution in [0.1, 0.15) is 32.9 Å². The molecule has 5 rings (SSSR count). The third kappa shape index (κ3) is 5.24. The van der Waals surface area contributed by atoms with Gasteiger partial charge in [0.1, 0.15) is 17.2 Å². The molecule has 0 bridgehead atoms. The van der Waals surface area contributed by atoms with Crippen molar-refractivity contribution in [3.63, 3.8) is 0 Å². The molecule has 3 aromatic carbocycles. The van der Waals surface area contributed by atoms with Crippen LogP contribution in [0.4, 0.5) is 0 Å². The smallest absolute Gasteiger partial charge is 0.200 e. The first-order chi connectivity index (χ1) is 17.7. The van der Waals surface area contributed by atoms with Gasteiger partial charge in [-0.1, -0.05) is 60.7 Å². The number of imidazole rings is 1. The molecule has 0 radical (unpaired) electrons. The van der Waals surface area contributed by atoms with Crippen LogP contribution in [0.5, 0.6) is 0 Å². The molecule has 6 heteroatoms. The number of nitrogens with one attached hydrogen (secondary N) is 2. The molecule has 5 aromatic rings. The number of para-hydroxylation sites is 2. The third-order valence-electron chi connectivity index (χ3n) is 6.00.